The minimum atomic E-state index is 0.658. The van der Waals surface area contributed by atoms with E-state index in [9.17, 15) is 0 Å². The fraction of sp³-hybridized carbons (Fsp3) is 0.529. The van der Waals surface area contributed by atoms with E-state index in [1.165, 1.54) is 38.0 Å². The summed E-state index contributed by atoms with van der Waals surface area (Å²) in [7, 11) is 0. The van der Waals surface area contributed by atoms with Gasteiger partial charge in [0.2, 0.25) is 0 Å². The maximum absolute atomic E-state index is 4.39. The highest BCUT2D eigenvalue weighted by Crippen LogP contribution is 2.29. The zero-order valence-electron chi connectivity index (χ0n) is 12.9. The third-order valence-electron chi connectivity index (χ3n) is 4.97. The van der Waals surface area contributed by atoms with Crippen LogP contribution in [0.15, 0.2) is 36.9 Å². The summed E-state index contributed by atoms with van der Waals surface area (Å²) < 4.78 is 0. The van der Waals surface area contributed by atoms with Crippen molar-refractivity contribution in [2.75, 3.05) is 19.6 Å². The maximum Gasteiger partial charge on any atom is 0.120 e. The van der Waals surface area contributed by atoms with Crippen molar-refractivity contribution >= 4 is 0 Å². The van der Waals surface area contributed by atoms with E-state index in [2.05, 4.69) is 36.9 Å². The molecule has 3 saturated heterocycles. The molecule has 2 aromatic heterocycles. The summed E-state index contributed by atoms with van der Waals surface area (Å²) in [6.07, 6.45) is 10.2. The molecule has 0 unspecified atom stereocenters. The highest BCUT2D eigenvalue weighted by molar-refractivity contribution is 5.10. The molecular weight excluding hydrogens is 274 g/mol. The summed E-state index contributed by atoms with van der Waals surface area (Å²) in [6.45, 7) is 5.59. The van der Waals surface area contributed by atoms with E-state index in [-0.39, 0.29) is 0 Å². The average Bonchev–Trinajstić information content (AvgIpc) is 2.89. The molecule has 2 bridgehead atoms. The van der Waals surface area contributed by atoms with Gasteiger partial charge in [0.15, 0.2) is 0 Å². The van der Waals surface area contributed by atoms with Crippen LogP contribution in [0, 0.1) is 5.92 Å². The maximum atomic E-state index is 4.39. The molecule has 3 aliphatic rings. The predicted molar refractivity (Wildman–Crippen MR) is 85.0 cm³/mol. The molecule has 0 amide bonds. The second kappa shape index (κ2) is 6.18. The molecule has 1 N–H and O–H groups in total. The van der Waals surface area contributed by atoms with Gasteiger partial charge in [-0.1, -0.05) is 0 Å². The van der Waals surface area contributed by atoms with E-state index in [0.717, 1.165) is 24.8 Å². The number of imidazole rings is 1. The smallest absolute Gasteiger partial charge is 0.120 e. The van der Waals surface area contributed by atoms with Crippen LogP contribution in [0.25, 0.3) is 0 Å². The monoisotopic (exact) mass is 297 g/mol. The molecule has 5 heteroatoms. The van der Waals surface area contributed by atoms with Crippen LogP contribution in [0.4, 0.5) is 0 Å². The first-order valence-corrected chi connectivity index (χ1v) is 8.20. The van der Waals surface area contributed by atoms with Gasteiger partial charge in [0.05, 0.1) is 6.54 Å². The number of H-pyrrole nitrogens is 1. The van der Waals surface area contributed by atoms with Crippen molar-refractivity contribution in [3.63, 3.8) is 0 Å². The quantitative estimate of drug-likeness (QED) is 0.936. The van der Waals surface area contributed by atoms with E-state index in [0.29, 0.717) is 6.04 Å². The van der Waals surface area contributed by atoms with E-state index in [1.807, 2.05) is 24.8 Å². The number of nitrogens with one attached hydrogen (secondary N) is 1. The standard InChI is InChI=1S/C17H23N5/c1-2-16-12-21(9-14-3-5-18-6-4-14)10-15(1)11-22(16)13-17-19-7-8-20-17/h3-8,15-16H,1-2,9-13H2,(H,19,20)/t15-,16+/m1/s1. The minimum Gasteiger partial charge on any atom is -0.348 e. The van der Waals surface area contributed by atoms with Crippen LogP contribution in [-0.2, 0) is 13.1 Å². The Morgan fingerprint density at radius 3 is 2.77 bits per heavy atom. The molecule has 0 spiro atoms. The van der Waals surface area contributed by atoms with Gasteiger partial charge in [0.25, 0.3) is 0 Å². The minimum absolute atomic E-state index is 0.658. The van der Waals surface area contributed by atoms with Crippen molar-refractivity contribution in [1.82, 2.24) is 24.8 Å². The second-order valence-corrected chi connectivity index (χ2v) is 6.61. The van der Waals surface area contributed by atoms with Gasteiger partial charge in [-0.25, -0.2) is 4.98 Å². The number of hydrogen-bond acceptors (Lipinski definition) is 4. The van der Waals surface area contributed by atoms with Crippen LogP contribution < -0.4 is 0 Å². The Bertz CT molecular complexity index is 582. The molecule has 0 aromatic carbocycles. The Labute approximate surface area is 131 Å². The number of rotatable bonds is 4. The van der Waals surface area contributed by atoms with Gasteiger partial charge in [0.1, 0.15) is 5.82 Å². The van der Waals surface area contributed by atoms with Crippen LogP contribution in [0.2, 0.25) is 0 Å². The van der Waals surface area contributed by atoms with Crippen LogP contribution >= 0.6 is 0 Å². The van der Waals surface area contributed by atoms with E-state index < -0.39 is 0 Å². The molecule has 0 aliphatic carbocycles. The fourth-order valence-corrected chi connectivity index (χ4v) is 3.92. The molecule has 116 valence electrons. The third kappa shape index (κ3) is 3.05. The van der Waals surface area contributed by atoms with Gasteiger partial charge in [-0.15, -0.1) is 0 Å². The molecule has 5 nitrogen and oxygen atoms in total. The lowest BCUT2D eigenvalue weighted by molar-refractivity contribution is 0.120. The SMILES string of the molecule is c1cc(CN2C[C@H]3CC[C@@H](C2)N(Cc2ncc[nH]2)C3)ccn1. The van der Waals surface area contributed by atoms with Gasteiger partial charge < -0.3 is 4.98 Å². The number of aromatic amines is 1. The summed E-state index contributed by atoms with van der Waals surface area (Å²) in [5, 5.41) is 0. The molecule has 2 atom stereocenters. The number of hydrogen-bond donors (Lipinski definition) is 1. The Kier molecular flexibility index (Phi) is 3.91. The first-order valence-electron chi connectivity index (χ1n) is 8.20. The summed E-state index contributed by atoms with van der Waals surface area (Å²) in [6, 6.07) is 4.92. The fourth-order valence-electron chi connectivity index (χ4n) is 3.92. The number of pyridine rings is 1. The van der Waals surface area contributed by atoms with E-state index >= 15 is 0 Å². The van der Waals surface area contributed by atoms with Crippen molar-refractivity contribution < 1.29 is 0 Å². The summed E-state index contributed by atoms with van der Waals surface area (Å²) in [5.41, 5.74) is 1.37. The van der Waals surface area contributed by atoms with Crippen molar-refractivity contribution in [1.29, 1.82) is 0 Å². The molecule has 0 saturated carbocycles. The second-order valence-electron chi connectivity index (χ2n) is 6.61. The molecular formula is C17H23N5. The summed E-state index contributed by atoms with van der Waals surface area (Å²) in [5.74, 6) is 1.88. The number of aromatic nitrogens is 3. The molecule has 2 aromatic rings. The van der Waals surface area contributed by atoms with Crippen molar-refractivity contribution in [3.05, 3.63) is 48.3 Å². The van der Waals surface area contributed by atoms with Gasteiger partial charge in [-0.2, -0.15) is 0 Å². The number of fused-ring (bicyclic) bond motifs is 4. The topological polar surface area (TPSA) is 48.0 Å². The van der Waals surface area contributed by atoms with Gasteiger partial charge >= 0.3 is 0 Å². The highest BCUT2D eigenvalue weighted by atomic mass is 15.3. The van der Waals surface area contributed by atoms with Crippen LogP contribution in [0.5, 0.6) is 0 Å². The number of nitrogens with zero attached hydrogens (tertiary/aromatic N) is 4. The Balaban J connectivity index is 1.44. The Morgan fingerprint density at radius 1 is 1.05 bits per heavy atom. The molecule has 3 aliphatic heterocycles. The average molecular weight is 297 g/mol. The van der Waals surface area contributed by atoms with Crippen LogP contribution in [-0.4, -0.2) is 50.4 Å². The molecule has 22 heavy (non-hydrogen) atoms. The van der Waals surface area contributed by atoms with Crippen molar-refractivity contribution in [3.8, 4) is 0 Å². The van der Waals surface area contributed by atoms with Crippen LogP contribution in [0.1, 0.15) is 24.2 Å². The van der Waals surface area contributed by atoms with Crippen LogP contribution in [0.3, 0.4) is 0 Å². The molecule has 3 fully saturated rings. The predicted octanol–water partition coefficient (Wildman–Crippen LogP) is 1.90. The molecule has 0 radical (unpaired) electrons. The summed E-state index contributed by atoms with van der Waals surface area (Å²) in [4.78, 5) is 17.0. The number of piperidine rings is 1. The highest BCUT2D eigenvalue weighted by Gasteiger charge is 2.34. The van der Waals surface area contributed by atoms with Crippen molar-refractivity contribution in [2.45, 2.75) is 32.0 Å². The van der Waals surface area contributed by atoms with Gasteiger partial charge in [-0.05, 0) is 36.5 Å². The lowest BCUT2D eigenvalue weighted by atomic mass is 9.95. The van der Waals surface area contributed by atoms with E-state index in [4.69, 9.17) is 0 Å². The lowest BCUT2D eigenvalue weighted by Crippen LogP contribution is -2.43. The van der Waals surface area contributed by atoms with Gasteiger partial charge in [-0.3, -0.25) is 14.8 Å². The third-order valence-corrected chi connectivity index (χ3v) is 4.97. The van der Waals surface area contributed by atoms with Crippen molar-refractivity contribution in [2.24, 2.45) is 5.92 Å². The lowest BCUT2D eigenvalue weighted by Gasteiger charge is -2.35. The zero-order chi connectivity index (χ0) is 14.8. The molecule has 5 heterocycles. The van der Waals surface area contributed by atoms with Gasteiger partial charge in [0, 0.05) is 57.0 Å². The first-order chi connectivity index (χ1) is 10.9. The van der Waals surface area contributed by atoms with E-state index in [1.54, 1.807) is 0 Å². The first kappa shape index (κ1) is 13.9. The molecule has 5 rings (SSSR count). The normalized spacial score (nSPS) is 26.2. The Morgan fingerprint density at radius 2 is 1.95 bits per heavy atom. The Hall–Kier alpha value is -1.72. The largest absolute Gasteiger partial charge is 0.348 e. The summed E-state index contributed by atoms with van der Waals surface area (Å²) >= 11 is 0. The zero-order valence-corrected chi connectivity index (χ0v) is 12.9.